The molecule has 0 aromatic carbocycles. The summed E-state index contributed by atoms with van der Waals surface area (Å²) in [4.78, 5) is 2.70. The van der Waals surface area contributed by atoms with Crippen LogP contribution in [0.15, 0.2) is 0 Å². The molecule has 0 aliphatic carbocycles. The topological polar surface area (TPSA) is 0 Å². The predicted molar refractivity (Wildman–Crippen MR) is 74.3 cm³/mol. The third-order valence-electron chi connectivity index (χ3n) is 3.18. The van der Waals surface area contributed by atoms with Crippen LogP contribution in [0.4, 0.5) is 0 Å². The van der Waals surface area contributed by atoms with E-state index in [9.17, 15) is 0 Å². The number of alkyl halides is 1. The Morgan fingerprint density at radius 1 is 0.857 bits per heavy atom. The Morgan fingerprint density at radius 3 is 1.64 bits per heavy atom. The summed E-state index contributed by atoms with van der Waals surface area (Å²) in [6, 6.07) is 0. The van der Waals surface area contributed by atoms with E-state index in [0.717, 1.165) is 0 Å². The van der Waals surface area contributed by atoms with Crippen LogP contribution >= 0.6 is 15.9 Å². The Kier molecular flexibility index (Phi) is 10.4. The molecule has 0 heterocycles. The average molecular weight is 370 g/mol. The van der Waals surface area contributed by atoms with Gasteiger partial charge in [0, 0.05) is 0 Å². The summed E-state index contributed by atoms with van der Waals surface area (Å²) in [5.41, 5.74) is 0. The maximum atomic E-state index is 3.57. The molecule has 0 aliphatic rings. The van der Waals surface area contributed by atoms with Gasteiger partial charge in [0.25, 0.3) is 0 Å². The van der Waals surface area contributed by atoms with Crippen molar-refractivity contribution in [3.05, 3.63) is 0 Å². The number of hydrogen-bond donors (Lipinski definition) is 0. The number of halogens is 1. The second-order valence-electron chi connectivity index (χ2n) is 4.81. The summed E-state index contributed by atoms with van der Waals surface area (Å²) in [7, 11) is 0. The molecule has 0 rings (SSSR count). The molecule has 0 aromatic rings. The zero-order valence-corrected chi connectivity index (χ0v) is 14.7. The van der Waals surface area contributed by atoms with Crippen molar-refractivity contribution in [3.63, 3.8) is 0 Å². The Balaban J connectivity index is 3.89. The van der Waals surface area contributed by atoms with Gasteiger partial charge in [-0.2, -0.15) is 0 Å². The first-order valence-corrected chi connectivity index (χ1v) is 16.3. The number of hydrogen-bond acceptors (Lipinski definition) is 0. The molecular weight excluding hydrogens is 343 g/mol. The van der Waals surface area contributed by atoms with E-state index in [4.69, 9.17) is 0 Å². The molecule has 0 saturated heterocycles. The average Bonchev–Trinajstić information content (AvgIpc) is 2.21. The van der Waals surface area contributed by atoms with Crippen molar-refractivity contribution in [2.24, 2.45) is 0 Å². The van der Waals surface area contributed by atoms with Gasteiger partial charge in [0.2, 0.25) is 0 Å². The van der Waals surface area contributed by atoms with E-state index >= 15 is 0 Å². The molecule has 0 N–H and O–H groups in total. The fourth-order valence-electron chi connectivity index (χ4n) is 2.08. The Hall–Kier alpha value is 1.28. The minimum atomic E-state index is -1.59. The quantitative estimate of drug-likeness (QED) is 0.374. The van der Waals surface area contributed by atoms with Crippen LogP contribution < -0.4 is 0 Å². The van der Waals surface area contributed by atoms with Gasteiger partial charge in [-0.15, -0.1) is 0 Å². The van der Waals surface area contributed by atoms with E-state index in [1.807, 2.05) is 0 Å². The monoisotopic (exact) mass is 370 g/mol. The first kappa shape index (κ1) is 15.3. The van der Waals surface area contributed by atoms with Crippen LogP contribution in [0, 0.1) is 0 Å². The molecule has 0 atom stereocenters. The van der Waals surface area contributed by atoms with Gasteiger partial charge in [0.05, 0.1) is 0 Å². The summed E-state index contributed by atoms with van der Waals surface area (Å²) in [5.74, 6) is 0. The van der Waals surface area contributed by atoms with Crippen molar-refractivity contribution in [2.75, 3.05) is 5.33 Å². The van der Waals surface area contributed by atoms with Crippen LogP contribution in [0.3, 0.4) is 0 Å². The molecule has 0 fully saturated rings. The summed E-state index contributed by atoms with van der Waals surface area (Å²) < 4.78 is 4.89. The SMILES string of the molecule is CCC[CH2][Sn]([CH3])([CH2]CCC)[CH2]CCBr. The molecule has 0 aromatic heterocycles. The third-order valence-corrected chi connectivity index (χ3v) is 17.1. The van der Waals surface area contributed by atoms with Gasteiger partial charge >= 0.3 is 104 Å². The van der Waals surface area contributed by atoms with Gasteiger partial charge in [-0.05, 0) is 0 Å². The van der Waals surface area contributed by atoms with Gasteiger partial charge in [0.1, 0.15) is 0 Å². The van der Waals surface area contributed by atoms with Crippen LogP contribution in [0.1, 0.15) is 46.0 Å². The second-order valence-corrected chi connectivity index (χ2v) is 20.2. The molecule has 0 bridgehead atoms. The first-order chi connectivity index (χ1) is 6.68. The standard InChI is InChI=1S/2C4H9.C3H6Br.CH3.Sn/c2*1-3-4-2;1-2-3-4;;/h2*1,3-4H2,2H3;1-3H2;1H3;. The van der Waals surface area contributed by atoms with Crippen molar-refractivity contribution in [2.45, 2.75) is 64.2 Å². The molecular formula is C12H27BrSn. The van der Waals surface area contributed by atoms with Gasteiger partial charge < -0.3 is 0 Å². The van der Waals surface area contributed by atoms with Crippen molar-refractivity contribution in [3.8, 4) is 0 Å². The fourth-order valence-corrected chi connectivity index (χ4v) is 15.8. The number of rotatable bonds is 9. The van der Waals surface area contributed by atoms with Crippen LogP contribution in [-0.4, -0.2) is 23.7 Å². The van der Waals surface area contributed by atoms with E-state index in [0.29, 0.717) is 0 Å². The molecule has 2 heteroatoms. The van der Waals surface area contributed by atoms with E-state index in [-0.39, 0.29) is 0 Å². The molecule has 0 aliphatic heterocycles. The maximum absolute atomic E-state index is 3.57. The zero-order valence-electron chi connectivity index (χ0n) is 10.2. The molecule has 0 saturated carbocycles. The van der Waals surface area contributed by atoms with Crippen molar-refractivity contribution < 1.29 is 0 Å². The number of unbranched alkanes of at least 4 members (excludes halogenated alkanes) is 2. The van der Waals surface area contributed by atoms with Gasteiger partial charge in [0.15, 0.2) is 0 Å². The molecule has 0 nitrogen and oxygen atoms in total. The summed E-state index contributed by atoms with van der Waals surface area (Å²) in [6.07, 6.45) is 7.22. The normalized spacial score (nSPS) is 12.0. The van der Waals surface area contributed by atoms with E-state index in [1.54, 1.807) is 13.3 Å². The fraction of sp³-hybridized carbons (Fsp3) is 1.00. The Morgan fingerprint density at radius 2 is 1.29 bits per heavy atom. The van der Waals surface area contributed by atoms with Crippen molar-refractivity contribution in [1.82, 2.24) is 0 Å². The zero-order chi connectivity index (χ0) is 10.9. The molecule has 0 radical (unpaired) electrons. The van der Waals surface area contributed by atoms with E-state index in [2.05, 4.69) is 34.7 Å². The van der Waals surface area contributed by atoms with E-state index < -0.39 is 18.4 Å². The van der Waals surface area contributed by atoms with Gasteiger partial charge in [-0.3, -0.25) is 0 Å². The first-order valence-electron chi connectivity index (χ1n) is 6.24. The molecule has 0 unspecified atom stereocenters. The summed E-state index contributed by atoms with van der Waals surface area (Å²) >= 11 is 1.98. The van der Waals surface area contributed by atoms with E-state index in [1.165, 1.54) is 37.4 Å². The van der Waals surface area contributed by atoms with Gasteiger partial charge in [-0.25, -0.2) is 0 Å². The summed E-state index contributed by atoms with van der Waals surface area (Å²) in [5, 5.41) is 1.22. The molecule has 14 heavy (non-hydrogen) atoms. The predicted octanol–water partition coefficient (Wildman–Crippen LogP) is 5.45. The minimum absolute atomic E-state index is 1.22. The molecule has 0 amide bonds. The molecule has 0 spiro atoms. The summed E-state index contributed by atoms with van der Waals surface area (Å²) in [6.45, 7) is 4.66. The Labute approximate surface area is 103 Å². The molecule has 86 valence electrons. The van der Waals surface area contributed by atoms with Crippen molar-refractivity contribution in [1.29, 1.82) is 0 Å². The third kappa shape index (κ3) is 7.55. The van der Waals surface area contributed by atoms with Gasteiger partial charge in [-0.1, -0.05) is 0 Å². The van der Waals surface area contributed by atoms with Crippen LogP contribution in [0.25, 0.3) is 0 Å². The van der Waals surface area contributed by atoms with Crippen LogP contribution in [-0.2, 0) is 0 Å². The van der Waals surface area contributed by atoms with Crippen molar-refractivity contribution >= 4 is 34.3 Å². The van der Waals surface area contributed by atoms with Crippen LogP contribution in [0.5, 0.6) is 0 Å². The van der Waals surface area contributed by atoms with Crippen LogP contribution in [0.2, 0.25) is 18.2 Å². The second kappa shape index (κ2) is 9.50. The Bertz CT molecular complexity index is 104.